The van der Waals surface area contributed by atoms with Crippen LogP contribution in [0.5, 0.6) is 0 Å². The summed E-state index contributed by atoms with van der Waals surface area (Å²) in [5.41, 5.74) is 4.25. The van der Waals surface area contributed by atoms with Gasteiger partial charge in [-0.2, -0.15) is 0 Å². The summed E-state index contributed by atoms with van der Waals surface area (Å²) in [4.78, 5) is 12.2. The number of hydrogen-bond acceptors (Lipinski definition) is 2. The van der Waals surface area contributed by atoms with Crippen molar-refractivity contribution in [3.05, 3.63) is 70.5 Å². The minimum Gasteiger partial charge on any atom is -0.349 e. The second-order valence-corrected chi connectivity index (χ2v) is 6.94. The number of benzene rings is 2. The zero-order valence-electron chi connectivity index (χ0n) is 14.4. The Bertz CT molecular complexity index is 702. The molecule has 0 aliphatic rings. The Morgan fingerprint density at radius 1 is 1.17 bits per heavy atom. The number of amides is 1. The molecule has 0 bridgehead atoms. The maximum atomic E-state index is 13.6. The van der Waals surface area contributed by atoms with Crippen molar-refractivity contribution in [2.24, 2.45) is 0 Å². The largest absolute Gasteiger partial charge is 0.349 e. The van der Waals surface area contributed by atoms with E-state index in [4.69, 9.17) is 0 Å². The first-order chi connectivity index (χ1) is 11.5. The van der Waals surface area contributed by atoms with Gasteiger partial charge in [0.05, 0.1) is 11.8 Å². The lowest BCUT2D eigenvalue weighted by atomic mass is 9.99. The molecule has 0 saturated carbocycles. The van der Waals surface area contributed by atoms with Gasteiger partial charge in [-0.1, -0.05) is 43.3 Å². The molecule has 0 unspecified atom stereocenters. The molecule has 0 heterocycles. The molecule has 24 heavy (non-hydrogen) atoms. The molecule has 0 aliphatic heterocycles. The minimum atomic E-state index is -0.216. The van der Waals surface area contributed by atoms with Crippen molar-refractivity contribution in [1.82, 2.24) is 5.32 Å². The summed E-state index contributed by atoms with van der Waals surface area (Å²) in [5, 5.41) is 3.08. The summed E-state index contributed by atoms with van der Waals surface area (Å²) in [6.45, 7) is 6.22. The van der Waals surface area contributed by atoms with Crippen LogP contribution in [-0.4, -0.2) is 11.7 Å². The highest BCUT2D eigenvalue weighted by molar-refractivity contribution is 7.99. The number of nitrogens with one attached hydrogen (secondary N) is 1. The van der Waals surface area contributed by atoms with Crippen LogP contribution in [0.2, 0.25) is 0 Å². The molecule has 0 saturated heterocycles. The third-order valence-corrected chi connectivity index (χ3v) is 5.11. The van der Waals surface area contributed by atoms with Crippen molar-refractivity contribution in [2.45, 2.75) is 39.0 Å². The highest BCUT2D eigenvalue weighted by Crippen LogP contribution is 2.20. The number of hydrogen-bond donors (Lipinski definition) is 1. The van der Waals surface area contributed by atoms with Gasteiger partial charge in [-0.05, 0) is 48.6 Å². The molecule has 1 amide bonds. The van der Waals surface area contributed by atoms with Crippen LogP contribution in [0.4, 0.5) is 4.39 Å². The van der Waals surface area contributed by atoms with Gasteiger partial charge in [0.25, 0.3) is 0 Å². The molecule has 1 atom stereocenters. The fourth-order valence-corrected chi connectivity index (χ4v) is 3.33. The third-order valence-electron chi connectivity index (χ3n) is 4.13. The molecule has 0 aliphatic carbocycles. The Morgan fingerprint density at radius 2 is 1.92 bits per heavy atom. The van der Waals surface area contributed by atoms with Crippen LogP contribution in [-0.2, 0) is 10.5 Å². The Hall–Kier alpha value is -1.81. The van der Waals surface area contributed by atoms with Gasteiger partial charge in [0, 0.05) is 5.75 Å². The fraction of sp³-hybridized carbons (Fsp3) is 0.350. The van der Waals surface area contributed by atoms with E-state index < -0.39 is 0 Å². The first-order valence-electron chi connectivity index (χ1n) is 8.19. The molecule has 2 aromatic rings. The lowest BCUT2D eigenvalue weighted by Gasteiger charge is -2.18. The number of carbonyl (C=O) groups is 1. The van der Waals surface area contributed by atoms with Crippen molar-refractivity contribution in [3.8, 4) is 0 Å². The molecule has 0 fully saturated rings. The standard InChI is InChI=1S/C20H24FNOS/c1-4-19(16-10-9-14(2)15(3)11-16)22-20(23)13-24-12-17-7-5-6-8-18(17)21/h5-11,19H,4,12-13H2,1-3H3,(H,22,23)/t19-/m1/s1. The van der Waals surface area contributed by atoms with E-state index in [9.17, 15) is 9.18 Å². The number of rotatable bonds is 7. The average molecular weight is 345 g/mol. The SMILES string of the molecule is CC[C@@H](NC(=O)CSCc1ccccc1F)c1ccc(C)c(C)c1. The van der Waals surface area contributed by atoms with Crippen molar-refractivity contribution < 1.29 is 9.18 Å². The summed E-state index contributed by atoms with van der Waals surface area (Å²) < 4.78 is 13.6. The quantitative estimate of drug-likeness (QED) is 0.770. The number of aryl methyl sites for hydroxylation is 2. The number of carbonyl (C=O) groups excluding carboxylic acids is 1. The molecule has 1 N–H and O–H groups in total. The monoisotopic (exact) mass is 345 g/mol. The fourth-order valence-electron chi connectivity index (χ4n) is 2.51. The minimum absolute atomic E-state index is 0.0126. The van der Waals surface area contributed by atoms with Crippen LogP contribution in [0, 0.1) is 19.7 Å². The molecule has 0 aromatic heterocycles. The molecule has 128 valence electrons. The predicted molar refractivity (Wildman–Crippen MR) is 99.7 cm³/mol. The van der Waals surface area contributed by atoms with E-state index in [1.165, 1.54) is 29.0 Å². The molecule has 0 spiro atoms. The number of thioether (sulfide) groups is 1. The van der Waals surface area contributed by atoms with Gasteiger partial charge in [-0.25, -0.2) is 4.39 Å². The van der Waals surface area contributed by atoms with E-state index in [1.807, 2.05) is 6.07 Å². The van der Waals surface area contributed by atoms with Crippen molar-refractivity contribution in [2.75, 3.05) is 5.75 Å². The molecular weight excluding hydrogens is 321 g/mol. The van der Waals surface area contributed by atoms with E-state index in [2.05, 4.69) is 44.3 Å². The molecule has 0 radical (unpaired) electrons. The zero-order valence-corrected chi connectivity index (χ0v) is 15.3. The van der Waals surface area contributed by atoms with E-state index in [0.29, 0.717) is 17.1 Å². The van der Waals surface area contributed by atoms with Crippen molar-refractivity contribution >= 4 is 17.7 Å². The summed E-state index contributed by atoms with van der Waals surface area (Å²) in [6.07, 6.45) is 0.840. The van der Waals surface area contributed by atoms with Crippen LogP contribution in [0.3, 0.4) is 0 Å². The number of halogens is 1. The van der Waals surface area contributed by atoms with E-state index in [-0.39, 0.29) is 17.8 Å². The topological polar surface area (TPSA) is 29.1 Å². The maximum Gasteiger partial charge on any atom is 0.230 e. The van der Waals surface area contributed by atoms with Gasteiger partial charge in [-0.15, -0.1) is 11.8 Å². The Morgan fingerprint density at radius 3 is 2.58 bits per heavy atom. The molecule has 4 heteroatoms. The van der Waals surface area contributed by atoms with Gasteiger partial charge in [0.15, 0.2) is 0 Å². The highest BCUT2D eigenvalue weighted by atomic mass is 32.2. The molecular formula is C20H24FNOS. The third kappa shape index (κ3) is 5.10. The van der Waals surface area contributed by atoms with Crippen LogP contribution in [0.25, 0.3) is 0 Å². The van der Waals surface area contributed by atoms with Crippen LogP contribution in [0.1, 0.15) is 41.6 Å². The smallest absolute Gasteiger partial charge is 0.230 e. The Kier molecular flexibility index (Phi) is 6.85. The van der Waals surface area contributed by atoms with Crippen molar-refractivity contribution in [1.29, 1.82) is 0 Å². The lowest BCUT2D eigenvalue weighted by molar-refractivity contribution is -0.119. The first-order valence-corrected chi connectivity index (χ1v) is 9.34. The normalized spacial score (nSPS) is 12.0. The average Bonchev–Trinajstić information content (AvgIpc) is 2.57. The van der Waals surface area contributed by atoms with Gasteiger partial charge >= 0.3 is 0 Å². The molecule has 2 aromatic carbocycles. The predicted octanol–water partition coefficient (Wildman–Crippen LogP) is 4.94. The first kappa shape index (κ1) is 18.5. The Balaban J connectivity index is 1.88. The highest BCUT2D eigenvalue weighted by Gasteiger charge is 2.13. The van der Waals surface area contributed by atoms with E-state index in [1.54, 1.807) is 12.1 Å². The van der Waals surface area contributed by atoms with E-state index in [0.717, 1.165) is 12.0 Å². The molecule has 2 rings (SSSR count). The Labute approximate surface area is 147 Å². The maximum absolute atomic E-state index is 13.6. The molecule has 2 nitrogen and oxygen atoms in total. The van der Waals surface area contributed by atoms with Gasteiger partial charge in [-0.3, -0.25) is 4.79 Å². The van der Waals surface area contributed by atoms with Gasteiger partial charge in [0.2, 0.25) is 5.91 Å². The second-order valence-electron chi connectivity index (χ2n) is 5.96. The van der Waals surface area contributed by atoms with Crippen LogP contribution < -0.4 is 5.32 Å². The van der Waals surface area contributed by atoms with Crippen LogP contribution >= 0.6 is 11.8 Å². The summed E-state index contributed by atoms with van der Waals surface area (Å²) in [7, 11) is 0. The van der Waals surface area contributed by atoms with Crippen LogP contribution in [0.15, 0.2) is 42.5 Å². The van der Waals surface area contributed by atoms with Crippen molar-refractivity contribution in [3.63, 3.8) is 0 Å². The zero-order chi connectivity index (χ0) is 17.5. The van der Waals surface area contributed by atoms with Gasteiger partial charge in [0.1, 0.15) is 5.82 Å². The summed E-state index contributed by atoms with van der Waals surface area (Å²) in [5.74, 6) is 0.601. The second kappa shape index (κ2) is 8.88. The summed E-state index contributed by atoms with van der Waals surface area (Å²) >= 11 is 1.43. The van der Waals surface area contributed by atoms with Gasteiger partial charge < -0.3 is 5.32 Å². The lowest BCUT2D eigenvalue weighted by Crippen LogP contribution is -2.29. The summed E-state index contributed by atoms with van der Waals surface area (Å²) in [6, 6.07) is 13.0. The van der Waals surface area contributed by atoms with E-state index >= 15 is 0 Å².